The highest BCUT2D eigenvalue weighted by atomic mass is 14.9. The van der Waals surface area contributed by atoms with Gasteiger partial charge >= 0.3 is 0 Å². The molecule has 0 fully saturated rings. The Balaban J connectivity index is 1.48. The van der Waals surface area contributed by atoms with Gasteiger partial charge in [0.15, 0.2) is 0 Å². The predicted molar refractivity (Wildman–Crippen MR) is 130 cm³/mol. The van der Waals surface area contributed by atoms with Crippen molar-refractivity contribution in [2.45, 2.75) is 33.1 Å². The Bertz CT molecular complexity index is 1600. The van der Waals surface area contributed by atoms with E-state index in [9.17, 15) is 0 Å². The van der Waals surface area contributed by atoms with Gasteiger partial charge in [-0.05, 0) is 46.2 Å². The molecule has 0 amide bonds. The highest BCUT2D eigenvalue weighted by Gasteiger charge is 2.11. The Kier molecular flexibility index (Phi) is 3.90. The van der Waals surface area contributed by atoms with Crippen LogP contribution in [0.3, 0.4) is 0 Å². The summed E-state index contributed by atoms with van der Waals surface area (Å²) in [6, 6.07) is 22.0. The zero-order valence-corrected chi connectivity index (χ0v) is 18.0. The summed E-state index contributed by atoms with van der Waals surface area (Å²) in [5.41, 5.74) is 6.74. The second-order valence-corrected chi connectivity index (χ2v) is 8.61. The quantitative estimate of drug-likeness (QED) is 0.330. The highest BCUT2D eigenvalue weighted by Crippen LogP contribution is 2.32. The largest absolute Gasteiger partial charge is 0.342 e. The standard InChI is InChI=1S/C27H24N4/c1-4-24-28-22-11-7-18-13-16(5-9-20(18)25(22)30-24)17-6-10-21-19(14-17)8-12-23-26(21)31-27(29-23)15(2)3/h5-15H,4H2,1-3H3,(H,28,30)(H,29,31). The lowest BCUT2D eigenvalue weighted by atomic mass is 9.98. The number of aromatic amines is 2. The lowest BCUT2D eigenvalue weighted by Gasteiger charge is -2.07. The fourth-order valence-electron chi connectivity index (χ4n) is 4.47. The van der Waals surface area contributed by atoms with Crippen molar-refractivity contribution in [2.24, 2.45) is 0 Å². The van der Waals surface area contributed by atoms with Crippen molar-refractivity contribution in [1.29, 1.82) is 0 Å². The van der Waals surface area contributed by atoms with Crippen LogP contribution in [0.15, 0.2) is 60.7 Å². The van der Waals surface area contributed by atoms with E-state index in [1.165, 1.54) is 32.7 Å². The number of aryl methyl sites for hydroxylation is 1. The van der Waals surface area contributed by atoms with E-state index in [2.05, 4.69) is 91.4 Å². The molecule has 4 nitrogen and oxygen atoms in total. The molecule has 6 rings (SSSR count). The van der Waals surface area contributed by atoms with E-state index in [-0.39, 0.29) is 0 Å². The first kappa shape index (κ1) is 18.1. The fourth-order valence-corrected chi connectivity index (χ4v) is 4.47. The van der Waals surface area contributed by atoms with E-state index in [1.54, 1.807) is 0 Å². The molecule has 4 heteroatoms. The number of rotatable bonds is 3. The number of fused-ring (bicyclic) bond motifs is 6. The maximum atomic E-state index is 4.86. The third kappa shape index (κ3) is 2.82. The molecule has 2 heterocycles. The van der Waals surface area contributed by atoms with Crippen LogP contribution in [0.2, 0.25) is 0 Å². The van der Waals surface area contributed by atoms with Crippen LogP contribution in [0.4, 0.5) is 0 Å². The van der Waals surface area contributed by atoms with E-state index in [0.717, 1.165) is 40.1 Å². The van der Waals surface area contributed by atoms with E-state index in [1.807, 2.05) is 0 Å². The minimum atomic E-state index is 0.383. The summed E-state index contributed by atoms with van der Waals surface area (Å²) in [7, 11) is 0. The molecule has 0 saturated carbocycles. The summed E-state index contributed by atoms with van der Waals surface area (Å²) in [6.07, 6.45) is 0.910. The molecule has 0 saturated heterocycles. The number of imidazole rings is 2. The number of H-pyrrole nitrogens is 2. The van der Waals surface area contributed by atoms with Crippen molar-refractivity contribution in [2.75, 3.05) is 0 Å². The van der Waals surface area contributed by atoms with Crippen LogP contribution < -0.4 is 0 Å². The Hall–Kier alpha value is -3.66. The van der Waals surface area contributed by atoms with Crippen LogP contribution >= 0.6 is 0 Å². The number of aromatic nitrogens is 4. The second kappa shape index (κ2) is 6.67. The minimum Gasteiger partial charge on any atom is -0.342 e. The van der Waals surface area contributed by atoms with Gasteiger partial charge in [0.05, 0.1) is 22.1 Å². The molecule has 0 bridgehead atoms. The first-order chi connectivity index (χ1) is 15.1. The lowest BCUT2D eigenvalue weighted by Crippen LogP contribution is -1.88. The third-order valence-corrected chi connectivity index (χ3v) is 6.22. The predicted octanol–water partition coefficient (Wildman–Crippen LogP) is 7.10. The fraction of sp³-hybridized carbons (Fsp3) is 0.185. The summed E-state index contributed by atoms with van der Waals surface area (Å²) >= 11 is 0. The molecule has 0 aliphatic rings. The Morgan fingerprint density at radius 2 is 1.29 bits per heavy atom. The average molecular weight is 405 g/mol. The second-order valence-electron chi connectivity index (χ2n) is 8.61. The van der Waals surface area contributed by atoms with Crippen LogP contribution in [0.1, 0.15) is 38.3 Å². The van der Waals surface area contributed by atoms with Gasteiger partial charge in [0.25, 0.3) is 0 Å². The molecule has 6 aromatic rings. The van der Waals surface area contributed by atoms with Gasteiger partial charge in [-0.25, -0.2) is 9.97 Å². The maximum Gasteiger partial charge on any atom is 0.109 e. The Morgan fingerprint density at radius 3 is 1.87 bits per heavy atom. The molecule has 31 heavy (non-hydrogen) atoms. The van der Waals surface area contributed by atoms with Gasteiger partial charge in [0, 0.05) is 23.1 Å². The van der Waals surface area contributed by atoms with Crippen LogP contribution in [-0.4, -0.2) is 19.9 Å². The molecule has 0 aliphatic carbocycles. The minimum absolute atomic E-state index is 0.383. The summed E-state index contributed by atoms with van der Waals surface area (Å²) in [5, 5.41) is 4.80. The molecular weight excluding hydrogens is 380 g/mol. The summed E-state index contributed by atoms with van der Waals surface area (Å²) in [6.45, 7) is 6.45. The van der Waals surface area contributed by atoms with Gasteiger partial charge in [-0.15, -0.1) is 0 Å². The third-order valence-electron chi connectivity index (χ3n) is 6.22. The summed E-state index contributed by atoms with van der Waals surface area (Å²) in [5.74, 6) is 2.46. The van der Waals surface area contributed by atoms with E-state index in [4.69, 9.17) is 9.97 Å². The number of hydrogen-bond donors (Lipinski definition) is 2. The van der Waals surface area contributed by atoms with Gasteiger partial charge in [-0.2, -0.15) is 0 Å². The maximum absolute atomic E-state index is 4.86. The van der Waals surface area contributed by atoms with E-state index >= 15 is 0 Å². The molecular formula is C27H24N4. The molecule has 0 atom stereocenters. The summed E-state index contributed by atoms with van der Waals surface area (Å²) < 4.78 is 0. The van der Waals surface area contributed by atoms with Crippen molar-refractivity contribution >= 4 is 43.6 Å². The van der Waals surface area contributed by atoms with E-state index in [0.29, 0.717) is 5.92 Å². The Morgan fingerprint density at radius 1 is 0.710 bits per heavy atom. The van der Waals surface area contributed by atoms with Crippen molar-refractivity contribution < 1.29 is 0 Å². The van der Waals surface area contributed by atoms with Gasteiger partial charge in [-0.1, -0.05) is 57.2 Å². The van der Waals surface area contributed by atoms with Crippen molar-refractivity contribution in [3.63, 3.8) is 0 Å². The van der Waals surface area contributed by atoms with Crippen LogP contribution in [0, 0.1) is 0 Å². The number of hydrogen-bond acceptors (Lipinski definition) is 2. The SMILES string of the molecule is CCc1nc2c(ccc3cc(-c4ccc5c(ccc6[nH]c(C(C)C)nc65)c4)ccc32)[nH]1. The van der Waals surface area contributed by atoms with Gasteiger partial charge in [0.1, 0.15) is 11.6 Å². The number of nitrogens with one attached hydrogen (secondary N) is 2. The highest BCUT2D eigenvalue weighted by molar-refractivity contribution is 6.07. The normalized spacial score (nSPS) is 12.1. The lowest BCUT2D eigenvalue weighted by molar-refractivity contribution is 0.799. The summed E-state index contributed by atoms with van der Waals surface area (Å²) in [4.78, 5) is 16.5. The van der Waals surface area contributed by atoms with Crippen molar-refractivity contribution in [3.8, 4) is 11.1 Å². The first-order valence-corrected chi connectivity index (χ1v) is 10.9. The van der Waals surface area contributed by atoms with Gasteiger partial charge in [0.2, 0.25) is 0 Å². The Labute approximate surface area is 180 Å². The topological polar surface area (TPSA) is 57.4 Å². The zero-order chi connectivity index (χ0) is 21.1. The molecule has 0 unspecified atom stereocenters. The molecule has 0 spiro atoms. The zero-order valence-electron chi connectivity index (χ0n) is 18.0. The monoisotopic (exact) mass is 404 g/mol. The van der Waals surface area contributed by atoms with Crippen LogP contribution in [0.5, 0.6) is 0 Å². The molecule has 2 N–H and O–H groups in total. The average Bonchev–Trinajstić information content (AvgIpc) is 3.42. The molecule has 4 aromatic carbocycles. The van der Waals surface area contributed by atoms with Crippen molar-refractivity contribution in [1.82, 2.24) is 19.9 Å². The van der Waals surface area contributed by atoms with Crippen LogP contribution in [-0.2, 0) is 6.42 Å². The number of benzene rings is 4. The van der Waals surface area contributed by atoms with E-state index < -0.39 is 0 Å². The molecule has 0 radical (unpaired) electrons. The molecule has 0 aliphatic heterocycles. The smallest absolute Gasteiger partial charge is 0.109 e. The van der Waals surface area contributed by atoms with Gasteiger partial charge in [-0.3, -0.25) is 0 Å². The van der Waals surface area contributed by atoms with Crippen molar-refractivity contribution in [3.05, 3.63) is 72.3 Å². The first-order valence-electron chi connectivity index (χ1n) is 10.9. The molecule has 2 aromatic heterocycles. The van der Waals surface area contributed by atoms with Gasteiger partial charge < -0.3 is 9.97 Å². The van der Waals surface area contributed by atoms with Crippen LogP contribution in [0.25, 0.3) is 54.7 Å². The molecule has 152 valence electrons. The number of nitrogens with zero attached hydrogens (tertiary/aromatic N) is 2.